The molecule has 0 amide bonds. The molecule has 172 valence electrons. The number of benzene rings is 3. The lowest BCUT2D eigenvalue weighted by Gasteiger charge is -2.50. The van der Waals surface area contributed by atoms with Crippen molar-refractivity contribution in [2.45, 2.75) is 50.9 Å². The van der Waals surface area contributed by atoms with Crippen molar-refractivity contribution in [3.8, 4) is 0 Å². The van der Waals surface area contributed by atoms with Gasteiger partial charge in [0.15, 0.2) is 11.9 Å². The summed E-state index contributed by atoms with van der Waals surface area (Å²) in [5.41, 5.74) is 1.59. The number of rotatable bonds is 2. The largest absolute Gasteiger partial charge is 0.276 e. The SMILES string of the molecule is Cc1ccc(N2OC3(CCCCC3)n3c(=O)c4ccccc4c(=O)n3C2c2ccccc2)cc1. The third kappa shape index (κ3) is 3.13. The van der Waals surface area contributed by atoms with E-state index in [0.717, 1.165) is 36.1 Å². The minimum Gasteiger partial charge on any atom is -0.267 e. The van der Waals surface area contributed by atoms with Crippen molar-refractivity contribution in [2.75, 3.05) is 5.06 Å². The number of aryl methyl sites for hydroxylation is 1. The number of aromatic nitrogens is 2. The van der Waals surface area contributed by atoms with Crippen molar-refractivity contribution in [1.82, 2.24) is 9.36 Å². The van der Waals surface area contributed by atoms with E-state index < -0.39 is 11.9 Å². The summed E-state index contributed by atoms with van der Waals surface area (Å²) in [7, 11) is 0. The number of anilines is 1. The van der Waals surface area contributed by atoms with Gasteiger partial charge < -0.3 is 0 Å². The maximum absolute atomic E-state index is 14.1. The number of hydroxylamine groups is 1. The van der Waals surface area contributed by atoms with Crippen LogP contribution in [-0.2, 0) is 10.6 Å². The minimum absolute atomic E-state index is 0.179. The molecule has 1 atom stereocenters. The van der Waals surface area contributed by atoms with Gasteiger partial charge in [-0.1, -0.05) is 66.6 Å². The van der Waals surface area contributed by atoms with Crippen LogP contribution >= 0.6 is 0 Å². The molecule has 1 unspecified atom stereocenters. The molecule has 1 aliphatic heterocycles. The Morgan fingerprint density at radius 1 is 0.765 bits per heavy atom. The van der Waals surface area contributed by atoms with Crippen LogP contribution in [0.15, 0.2) is 88.5 Å². The molecule has 1 aliphatic carbocycles. The predicted molar refractivity (Wildman–Crippen MR) is 133 cm³/mol. The second-order valence-electron chi connectivity index (χ2n) is 9.36. The highest BCUT2D eigenvalue weighted by Crippen LogP contribution is 2.43. The Morgan fingerprint density at radius 2 is 1.38 bits per heavy atom. The number of nitrogens with zero attached hydrogens (tertiary/aromatic N) is 3. The first kappa shape index (κ1) is 20.9. The maximum atomic E-state index is 14.1. The summed E-state index contributed by atoms with van der Waals surface area (Å²) in [5, 5.41) is 2.71. The van der Waals surface area contributed by atoms with E-state index in [1.165, 1.54) is 0 Å². The van der Waals surface area contributed by atoms with Crippen molar-refractivity contribution >= 4 is 16.5 Å². The number of fused-ring (bicyclic) bond motifs is 3. The molecule has 0 saturated heterocycles. The first-order valence-corrected chi connectivity index (χ1v) is 12.0. The monoisotopic (exact) mass is 453 g/mol. The second-order valence-corrected chi connectivity index (χ2v) is 9.36. The Morgan fingerprint density at radius 3 is 2.06 bits per heavy atom. The van der Waals surface area contributed by atoms with Gasteiger partial charge in [-0.25, -0.2) is 19.3 Å². The zero-order valence-electron chi connectivity index (χ0n) is 19.2. The first-order valence-electron chi connectivity index (χ1n) is 12.0. The van der Waals surface area contributed by atoms with Gasteiger partial charge in [0.2, 0.25) is 0 Å². The molecular weight excluding hydrogens is 426 g/mol. The highest BCUT2D eigenvalue weighted by atomic mass is 16.7. The van der Waals surface area contributed by atoms with E-state index in [1.54, 1.807) is 21.5 Å². The van der Waals surface area contributed by atoms with E-state index in [4.69, 9.17) is 4.84 Å². The smallest absolute Gasteiger partial charge is 0.267 e. The van der Waals surface area contributed by atoms with Crippen LogP contribution in [0.25, 0.3) is 10.8 Å². The fourth-order valence-corrected chi connectivity index (χ4v) is 5.45. The Bertz CT molecular complexity index is 1470. The summed E-state index contributed by atoms with van der Waals surface area (Å²) in [5.74, 6) is 0. The van der Waals surface area contributed by atoms with Crippen molar-refractivity contribution in [1.29, 1.82) is 0 Å². The molecule has 1 aromatic heterocycles. The average Bonchev–Trinajstić information content (AvgIpc) is 2.88. The second kappa shape index (κ2) is 7.99. The van der Waals surface area contributed by atoms with Gasteiger partial charge in [-0.3, -0.25) is 9.59 Å². The van der Waals surface area contributed by atoms with E-state index in [1.807, 2.05) is 78.7 Å². The molecule has 6 nitrogen and oxygen atoms in total. The third-order valence-corrected chi connectivity index (χ3v) is 7.13. The molecule has 6 rings (SSSR count). The molecular formula is C28H27N3O3. The quantitative estimate of drug-likeness (QED) is 0.424. The van der Waals surface area contributed by atoms with Crippen molar-refractivity contribution in [3.05, 3.63) is 111 Å². The van der Waals surface area contributed by atoms with E-state index in [9.17, 15) is 9.59 Å². The zero-order chi connectivity index (χ0) is 23.3. The summed E-state index contributed by atoms with van der Waals surface area (Å²) in [6, 6.07) is 25.0. The molecule has 1 fully saturated rings. The molecule has 0 bridgehead atoms. The summed E-state index contributed by atoms with van der Waals surface area (Å²) in [4.78, 5) is 34.9. The lowest BCUT2D eigenvalue weighted by atomic mass is 9.91. The van der Waals surface area contributed by atoms with Gasteiger partial charge >= 0.3 is 0 Å². The topological polar surface area (TPSA) is 56.5 Å². The lowest BCUT2D eigenvalue weighted by Crippen LogP contribution is -2.62. The Labute approximate surface area is 197 Å². The summed E-state index contributed by atoms with van der Waals surface area (Å²) in [6.07, 6.45) is 3.69. The molecule has 2 heterocycles. The van der Waals surface area contributed by atoms with Gasteiger partial charge in [-0.2, -0.15) is 0 Å². The highest BCUT2D eigenvalue weighted by Gasteiger charge is 2.48. The van der Waals surface area contributed by atoms with Crippen LogP contribution in [0.4, 0.5) is 5.69 Å². The molecule has 0 N–H and O–H groups in total. The molecule has 1 spiro atoms. The van der Waals surface area contributed by atoms with E-state index in [-0.39, 0.29) is 11.1 Å². The normalized spacial score (nSPS) is 19.3. The fourth-order valence-electron chi connectivity index (χ4n) is 5.45. The molecule has 1 saturated carbocycles. The number of hydrogen-bond acceptors (Lipinski definition) is 4. The first-order chi connectivity index (χ1) is 16.6. The Kier molecular flexibility index (Phi) is 4.92. The predicted octanol–water partition coefficient (Wildman–Crippen LogP) is 5.09. The van der Waals surface area contributed by atoms with E-state index >= 15 is 0 Å². The maximum Gasteiger partial charge on any atom is 0.276 e. The number of hydrogen-bond donors (Lipinski definition) is 0. The van der Waals surface area contributed by atoms with Gasteiger partial charge in [0.05, 0.1) is 16.5 Å². The summed E-state index contributed by atoms with van der Waals surface area (Å²) < 4.78 is 3.29. The van der Waals surface area contributed by atoms with E-state index in [0.29, 0.717) is 23.6 Å². The molecule has 3 aromatic carbocycles. The molecule has 4 aromatic rings. The zero-order valence-corrected chi connectivity index (χ0v) is 19.2. The van der Waals surface area contributed by atoms with E-state index in [2.05, 4.69) is 0 Å². The molecule has 34 heavy (non-hydrogen) atoms. The molecule has 2 aliphatic rings. The van der Waals surface area contributed by atoms with Gasteiger partial charge in [0.1, 0.15) is 0 Å². The molecule has 0 radical (unpaired) electrons. The van der Waals surface area contributed by atoms with Gasteiger partial charge in [0.25, 0.3) is 11.1 Å². The third-order valence-electron chi connectivity index (χ3n) is 7.13. The standard InChI is InChI=1S/C28H27N3O3/c1-20-14-16-22(17-15-20)30-25(21-10-4-2-5-11-21)29-26(32)23-12-6-7-13-24(23)27(33)31(29)28(34-30)18-8-3-9-19-28/h2,4-7,10-17,25H,3,8-9,18-19H2,1H3. The van der Waals surface area contributed by atoms with Crippen LogP contribution in [-0.4, -0.2) is 9.36 Å². The fraction of sp³-hybridized carbons (Fsp3) is 0.286. The highest BCUT2D eigenvalue weighted by molar-refractivity contribution is 5.80. The van der Waals surface area contributed by atoms with Crippen LogP contribution in [0.2, 0.25) is 0 Å². The molecule has 6 heteroatoms. The van der Waals surface area contributed by atoms with Gasteiger partial charge in [-0.15, -0.1) is 0 Å². The van der Waals surface area contributed by atoms with Crippen LogP contribution in [0, 0.1) is 6.92 Å². The van der Waals surface area contributed by atoms with Crippen molar-refractivity contribution in [2.24, 2.45) is 0 Å². The Hall–Kier alpha value is -3.64. The average molecular weight is 454 g/mol. The van der Waals surface area contributed by atoms with Crippen LogP contribution < -0.4 is 16.2 Å². The summed E-state index contributed by atoms with van der Waals surface area (Å²) >= 11 is 0. The van der Waals surface area contributed by atoms with Crippen LogP contribution in [0.3, 0.4) is 0 Å². The van der Waals surface area contributed by atoms with Gasteiger partial charge in [0, 0.05) is 0 Å². The van der Waals surface area contributed by atoms with Crippen LogP contribution in [0.1, 0.15) is 49.4 Å². The van der Waals surface area contributed by atoms with Crippen molar-refractivity contribution < 1.29 is 4.84 Å². The minimum atomic E-state index is -0.908. The summed E-state index contributed by atoms with van der Waals surface area (Å²) in [6.45, 7) is 2.05. The lowest BCUT2D eigenvalue weighted by molar-refractivity contribution is -0.198. The van der Waals surface area contributed by atoms with Crippen LogP contribution in [0.5, 0.6) is 0 Å². The van der Waals surface area contributed by atoms with Crippen molar-refractivity contribution in [3.63, 3.8) is 0 Å². The Balaban J connectivity index is 1.72. The van der Waals surface area contributed by atoms with Gasteiger partial charge in [-0.05, 0) is 62.4 Å².